The highest BCUT2D eigenvalue weighted by Crippen LogP contribution is 2.25. The second kappa shape index (κ2) is 6.31. The van der Waals surface area contributed by atoms with Crippen molar-refractivity contribution >= 4 is 22.4 Å². The molecule has 3 rings (SSSR count). The molecule has 1 amide bonds. The first-order chi connectivity index (χ1) is 10.2. The molecule has 112 valence electrons. The third-order valence-electron chi connectivity index (χ3n) is 3.61. The molecular weight excluding hydrogens is 288 g/mol. The Morgan fingerprint density at radius 1 is 1.57 bits per heavy atom. The van der Waals surface area contributed by atoms with Crippen molar-refractivity contribution in [3.05, 3.63) is 23.0 Å². The first kappa shape index (κ1) is 14.2. The number of carbonyl (C=O) groups is 1. The van der Waals surface area contributed by atoms with Crippen molar-refractivity contribution in [2.24, 2.45) is 0 Å². The van der Waals surface area contributed by atoms with Crippen molar-refractivity contribution < 1.29 is 4.79 Å². The molecule has 1 saturated heterocycles. The van der Waals surface area contributed by atoms with Crippen molar-refractivity contribution in [3.63, 3.8) is 0 Å². The molecule has 2 aromatic rings. The standard InChI is InChI=1S/C13H18N6OS/c1-9-16-18-13(21-9)15-12(20)8-19-6-2-3-10(7-19)11-4-5-14-17-11/h4-5,10H,2-3,6-8H2,1H3,(H,14,17)(H,15,18,20). The fraction of sp³-hybridized carbons (Fsp3) is 0.538. The van der Waals surface area contributed by atoms with Gasteiger partial charge in [-0.25, -0.2) is 0 Å². The van der Waals surface area contributed by atoms with Gasteiger partial charge in [0.1, 0.15) is 5.01 Å². The van der Waals surface area contributed by atoms with Crippen LogP contribution in [0.3, 0.4) is 0 Å². The van der Waals surface area contributed by atoms with Crippen LogP contribution in [0.5, 0.6) is 0 Å². The maximum absolute atomic E-state index is 12.0. The van der Waals surface area contributed by atoms with Gasteiger partial charge in [0.25, 0.3) is 0 Å². The average molecular weight is 306 g/mol. The Hall–Kier alpha value is -1.80. The molecule has 0 radical (unpaired) electrons. The van der Waals surface area contributed by atoms with Crippen LogP contribution in [0.25, 0.3) is 0 Å². The highest BCUT2D eigenvalue weighted by molar-refractivity contribution is 7.15. The molecule has 2 aromatic heterocycles. The summed E-state index contributed by atoms with van der Waals surface area (Å²) in [5.74, 6) is 0.397. The molecule has 3 heterocycles. The van der Waals surface area contributed by atoms with E-state index in [2.05, 4.69) is 30.6 Å². The first-order valence-electron chi connectivity index (χ1n) is 7.02. The second-order valence-corrected chi connectivity index (χ2v) is 6.44. The highest BCUT2D eigenvalue weighted by atomic mass is 32.1. The van der Waals surface area contributed by atoms with E-state index >= 15 is 0 Å². The van der Waals surface area contributed by atoms with E-state index in [1.165, 1.54) is 11.3 Å². The molecule has 1 unspecified atom stereocenters. The quantitative estimate of drug-likeness (QED) is 0.891. The van der Waals surface area contributed by atoms with Gasteiger partial charge < -0.3 is 0 Å². The molecule has 1 aliphatic rings. The number of H-pyrrole nitrogens is 1. The number of piperidine rings is 1. The van der Waals surface area contributed by atoms with E-state index in [1.54, 1.807) is 6.20 Å². The Morgan fingerprint density at radius 2 is 2.48 bits per heavy atom. The maximum atomic E-state index is 12.0. The number of rotatable bonds is 4. The zero-order valence-electron chi connectivity index (χ0n) is 11.9. The Bertz CT molecular complexity index is 596. The fourth-order valence-corrected chi connectivity index (χ4v) is 3.26. The lowest BCUT2D eigenvalue weighted by Crippen LogP contribution is -2.39. The van der Waals surface area contributed by atoms with Crippen LogP contribution in [0, 0.1) is 6.92 Å². The topological polar surface area (TPSA) is 86.8 Å². The number of nitrogens with one attached hydrogen (secondary N) is 2. The van der Waals surface area contributed by atoms with Gasteiger partial charge in [0.2, 0.25) is 11.0 Å². The number of anilines is 1. The van der Waals surface area contributed by atoms with Crippen molar-refractivity contribution in [2.75, 3.05) is 25.0 Å². The predicted octanol–water partition coefficient (Wildman–Crippen LogP) is 1.39. The number of hydrogen-bond donors (Lipinski definition) is 2. The zero-order chi connectivity index (χ0) is 14.7. The van der Waals surface area contributed by atoms with Crippen LogP contribution in [0.1, 0.15) is 29.5 Å². The molecule has 0 aliphatic carbocycles. The van der Waals surface area contributed by atoms with Gasteiger partial charge in [0, 0.05) is 24.4 Å². The number of aryl methyl sites for hydroxylation is 1. The molecular formula is C13H18N6OS. The third-order valence-corrected chi connectivity index (χ3v) is 4.36. The molecule has 1 aliphatic heterocycles. The van der Waals surface area contributed by atoms with Gasteiger partial charge in [-0.2, -0.15) is 5.10 Å². The normalized spacial score (nSPS) is 19.6. The van der Waals surface area contributed by atoms with Gasteiger partial charge in [-0.1, -0.05) is 11.3 Å². The monoisotopic (exact) mass is 306 g/mol. The summed E-state index contributed by atoms with van der Waals surface area (Å²) in [6.45, 7) is 4.09. The molecule has 0 spiro atoms. The van der Waals surface area contributed by atoms with Crippen molar-refractivity contribution in [3.8, 4) is 0 Å². The summed E-state index contributed by atoms with van der Waals surface area (Å²) in [7, 11) is 0. The van der Waals surface area contributed by atoms with E-state index < -0.39 is 0 Å². The van der Waals surface area contributed by atoms with Crippen molar-refractivity contribution in [1.82, 2.24) is 25.3 Å². The molecule has 0 aromatic carbocycles. The van der Waals surface area contributed by atoms with Gasteiger partial charge in [-0.3, -0.25) is 20.1 Å². The maximum Gasteiger partial charge on any atom is 0.240 e. The Morgan fingerprint density at radius 3 is 3.19 bits per heavy atom. The minimum Gasteiger partial charge on any atom is -0.299 e. The van der Waals surface area contributed by atoms with E-state index in [4.69, 9.17) is 0 Å². The number of aromatic nitrogens is 4. The van der Waals surface area contributed by atoms with Gasteiger partial charge >= 0.3 is 0 Å². The van der Waals surface area contributed by atoms with E-state index in [0.717, 1.165) is 36.6 Å². The van der Waals surface area contributed by atoms with Gasteiger partial charge in [0.15, 0.2) is 0 Å². The summed E-state index contributed by atoms with van der Waals surface area (Å²) in [6.07, 6.45) is 4.00. The summed E-state index contributed by atoms with van der Waals surface area (Å²) in [4.78, 5) is 14.2. The number of amides is 1. The van der Waals surface area contributed by atoms with E-state index in [-0.39, 0.29) is 5.91 Å². The molecule has 8 heteroatoms. The smallest absolute Gasteiger partial charge is 0.240 e. The summed E-state index contributed by atoms with van der Waals surface area (Å²) in [6, 6.07) is 2.01. The fourth-order valence-electron chi connectivity index (χ4n) is 2.66. The van der Waals surface area contributed by atoms with Crippen LogP contribution in [0.4, 0.5) is 5.13 Å². The largest absolute Gasteiger partial charge is 0.299 e. The molecule has 21 heavy (non-hydrogen) atoms. The average Bonchev–Trinajstić information content (AvgIpc) is 3.11. The van der Waals surface area contributed by atoms with Crippen molar-refractivity contribution in [2.45, 2.75) is 25.7 Å². The summed E-state index contributed by atoms with van der Waals surface area (Å²) in [5, 5.41) is 19.1. The van der Waals surface area contributed by atoms with E-state index in [0.29, 0.717) is 17.6 Å². The molecule has 2 N–H and O–H groups in total. The molecule has 0 saturated carbocycles. The molecule has 7 nitrogen and oxygen atoms in total. The SMILES string of the molecule is Cc1nnc(NC(=O)CN2CCCC(c3ccn[nH]3)C2)s1. The molecule has 1 fully saturated rings. The summed E-state index contributed by atoms with van der Waals surface area (Å²) >= 11 is 1.39. The predicted molar refractivity (Wildman–Crippen MR) is 80.3 cm³/mol. The first-order valence-corrected chi connectivity index (χ1v) is 7.84. The number of carbonyl (C=O) groups excluding carboxylic acids is 1. The third kappa shape index (κ3) is 3.64. The Balaban J connectivity index is 1.53. The highest BCUT2D eigenvalue weighted by Gasteiger charge is 2.23. The Labute approximate surface area is 126 Å². The van der Waals surface area contributed by atoms with Gasteiger partial charge in [0.05, 0.1) is 6.54 Å². The lowest BCUT2D eigenvalue weighted by atomic mass is 9.95. The van der Waals surface area contributed by atoms with Crippen LogP contribution in [0.15, 0.2) is 12.3 Å². The van der Waals surface area contributed by atoms with Crippen LogP contribution >= 0.6 is 11.3 Å². The van der Waals surface area contributed by atoms with E-state index in [1.807, 2.05) is 13.0 Å². The lowest BCUT2D eigenvalue weighted by molar-refractivity contribution is -0.117. The van der Waals surface area contributed by atoms with Crippen LogP contribution in [-0.4, -0.2) is 50.8 Å². The summed E-state index contributed by atoms with van der Waals surface area (Å²) in [5.41, 5.74) is 1.15. The number of nitrogens with zero attached hydrogens (tertiary/aromatic N) is 4. The number of hydrogen-bond acceptors (Lipinski definition) is 6. The Kier molecular flexibility index (Phi) is 4.26. The van der Waals surface area contributed by atoms with Crippen LogP contribution in [0.2, 0.25) is 0 Å². The number of aromatic amines is 1. The number of likely N-dealkylation sites (tertiary alicyclic amines) is 1. The minimum atomic E-state index is -0.0311. The van der Waals surface area contributed by atoms with Crippen LogP contribution in [-0.2, 0) is 4.79 Å². The van der Waals surface area contributed by atoms with Crippen molar-refractivity contribution in [1.29, 1.82) is 0 Å². The lowest BCUT2D eigenvalue weighted by Gasteiger charge is -2.31. The van der Waals surface area contributed by atoms with E-state index in [9.17, 15) is 4.79 Å². The molecule has 1 atom stereocenters. The summed E-state index contributed by atoms with van der Waals surface area (Å²) < 4.78 is 0. The van der Waals surface area contributed by atoms with Crippen LogP contribution < -0.4 is 5.32 Å². The minimum absolute atomic E-state index is 0.0311. The van der Waals surface area contributed by atoms with Gasteiger partial charge in [-0.15, -0.1) is 10.2 Å². The second-order valence-electron chi connectivity index (χ2n) is 5.26. The zero-order valence-corrected chi connectivity index (χ0v) is 12.7. The van der Waals surface area contributed by atoms with Gasteiger partial charge in [-0.05, 0) is 32.4 Å². The molecule has 0 bridgehead atoms.